The summed E-state index contributed by atoms with van der Waals surface area (Å²) in [6, 6.07) is 30.1. The van der Waals surface area contributed by atoms with Gasteiger partial charge in [0.2, 0.25) is 5.88 Å². The molecule has 4 aromatic rings. The number of aromatic nitrogens is 1. The van der Waals surface area contributed by atoms with E-state index in [1.165, 1.54) is 0 Å². The molecule has 0 aliphatic rings. The highest BCUT2D eigenvalue weighted by Gasteiger charge is 2.09. The molecule has 30 heavy (non-hydrogen) atoms. The second-order valence-corrected chi connectivity index (χ2v) is 6.97. The smallest absolute Gasteiger partial charge is 0.213 e. The van der Waals surface area contributed by atoms with Crippen molar-refractivity contribution in [2.75, 3.05) is 0 Å². The third kappa shape index (κ3) is 5.04. The molecule has 0 bridgehead atoms. The van der Waals surface area contributed by atoms with Crippen LogP contribution in [0, 0.1) is 0 Å². The van der Waals surface area contributed by atoms with E-state index in [0.29, 0.717) is 25.6 Å². The van der Waals surface area contributed by atoms with Crippen molar-refractivity contribution in [1.82, 2.24) is 4.98 Å². The molecule has 4 rings (SSSR count). The lowest BCUT2D eigenvalue weighted by molar-refractivity contribution is 0.294. The Morgan fingerprint density at radius 2 is 1.33 bits per heavy atom. The molecule has 2 N–H and O–H groups in total. The highest BCUT2D eigenvalue weighted by Crippen LogP contribution is 2.32. The van der Waals surface area contributed by atoms with E-state index in [9.17, 15) is 0 Å². The van der Waals surface area contributed by atoms with Crippen molar-refractivity contribution < 1.29 is 9.47 Å². The predicted octanol–water partition coefficient (Wildman–Crippen LogP) is 5.37. The molecule has 1 heterocycles. The van der Waals surface area contributed by atoms with Gasteiger partial charge in [0.25, 0.3) is 0 Å². The van der Waals surface area contributed by atoms with Gasteiger partial charge in [-0.2, -0.15) is 0 Å². The largest absolute Gasteiger partial charge is 0.488 e. The fourth-order valence-corrected chi connectivity index (χ4v) is 3.15. The van der Waals surface area contributed by atoms with Crippen molar-refractivity contribution in [2.24, 2.45) is 5.73 Å². The first-order chi connectivity index (χ1) is 14.8. The number of nitrogens with two attached hydrogens (primary N) is 1. The summed E-state index contributed by atoms with van der Waals surface area (Å²) in [6.45, 7) is 1.46. The third-order valence-electron chi connectivity index (χ3n) is 4.79. The summed E-state index contributed by atoms with van der Waals surface area (Å²) in [5, 5.41) is 0. The van der Waals surface area contributed by atoms with E-state index in [-0.39, 0.29) is 0 Å². The van der Waals surface area contributed by atoms with Gasteiger partial charge in [0.05, 0.1) is 0 Å². The summed E-state index contributed by atoms with van der Waals surface area (Å²) in [4.78, 5) is 4.48. The van der Waals surface area contributed by atoms with Gasteiger partial charge in [0.1, 0.15) is 19.0 Å². The molecule has 0 atom stereocenters. The van der Waals surface area contributed by atoms with Crippen molar-refractivity contribution in [1.29, 1.82) is 0 Å². The maximum absolute atomic E-state index is 6.11. The number of hydrogen-bond donors (Lipinski definition) is 1. The van der Waals surface area contributed by atoms with E-state index < -0.39 is 0 Å². The van der Waals surface area contributed by atoms with E-state index in [0.717, 1.165) is 33.6 Å². The quantitative estimate of drug-likeness (QED) is 0.435. The molecule has 0 spiro atoms. The van der Waals surface area contributed by atoms with Gasteiger partial charge in [0.15, 0.2) is 0 Å². The molecule has 1 aromatic heterocycles. The van der Waals surface area contributed by atoms with Gasteiger partial charge in [0, 0.05) is 29.9 Å². The summed E-state index contributed by atoms with van der Waals surface area (Å²) in [5.74, 6) is 1.39. The second kappa shape index (κ2) is 9.72. The van der Waals surface area contributed by atoms with Gasteiger partial charge in [-0.15, -0.1) is 0 Å². The number of pyridine rings is 1. The molecule has 0 amide bonds. The van der Waals surface area contributed by atoms with Crippen LogP contribution in [0.2, 0.25) is 0 Å². The average Bonchev–Trinajstić information content (AvgIpc) is 2.83. The lowest BCUT2D eigenvalue weighted by atomic mass is 10.0. The van der Waals surface area contributed by atoms with Gasteiger partial charge in [-0.05, 0) is 34.9 Å². The standard InChI is InChI=1S/C26H24N2O2/c27-16-22-11-13-25(29-18-20-7-3-1-4-8-20)24(15-22)23-12-14-26(28-17-23)30-19-21-9-5-2-6-10-21/h1-15,17H,16,18-19,27H2. The van der Waals surface area contributed by atoms with E-state index >= 15 is 0 Å². The average molecular weight is 396 g/mol. The molecule has 0 fully saturated rings. The summed E-state index contributed by atoms with van der Waals surface area (Å²) in [7, 11) is 0. The minimum absolute atomic E-state index is 0.470. The molecule has 0 saturated heterocycles. The first-order valence-electron chi connectivity index (χ1n) is 9.95. The van der Waals surface area contributed by atoms with Crippen LogP contribution in [0.25, 0.3) is 11.1 Å². The van der Waals surface area contributed by atoms with Crippen molar-refractivity contribution in [3.05, 3.63) is 114 Å². The lowest BCUT2D eigenvalue weighted by Crippen LogP contribution is -2.01. The van der Waals surface area contributed by atoms with Crippen LogP contribution in [0.15, 0.2) is 97.2 Å². The molecular formula is C26H24N2O2. The van der Waals surface area contributed by atoms with Crippen LogP contribution in [-0.4, -0.2) is 4.98 Å². The number of ether oxygens (including phenoxy) is 2. The number of benzene rings is 3. The molecule has 0 aliphatic heterocycles. The van der Waals surface area contributed by atoms with Crippen LogP contribution >= 0.6 is 0 Å². The van der Waals surface area contributed by atoms with Crippen LogP contribution in [0.1, 0.15) is 16.7 Å². The third-order valence-corrected chi connectivity index (χ3v) is 4.79. The Balaban J connectivity index is 1.51. The summed E-state index contributed by atoms with van der Waals surface area (Å²) < 4.78 is 11.9. The van der Waals surface area contributed by atoms with Gasteiger partial charge < -0.3 is 15.2 Å². The molecule has 150 valence electrons. The van der Waals surface area contributed by atoms with Gasteiger partial charge >= 0.3 is 0 Å². The Hall–Kier alpha value is -3.63. The first-order valence-corrected chi connectivity index (χ1v) is 9.95. The highest BCUT2D eigenvalue weighted by atomic mass is 16.5. The van der Waals surface area contributed by atoms with E-state index in [1.807, 2.05) is 91.1 Å². The minimum Gasteiger partial charge on any atom is -0.488 e. The lowest BCUT2D eigenvalue weighted by Gasteiger charge is -2.14. The van der Waals surface area contributed by atoms with Crippen LogP contribution < -0.4 is 15.2 Å². The SMILES string of the molecule is NCc1ccc(OCc2ccccc2)c(-c2ccc(OCc3ccccc3)nc2)c1. The zero-order chi connectivity index (χ0) is 20.6. The van der Waals surface area contributed by atoms with E-state index in [4.69, 9.17) is 15.2 Å². The summed E-state index contributed by atoms with van der Waals surface area (Å²) in [5.41, 5.74) is 11.1. The van der Waals surface area contributed by atoms with Gasteiger partial charge in [-0.3, -0.25) is 0 Å². The molecule has 0 radical (unpaired) electrons. The van der Waals surface area contributed by atoms with Crippen molar-refractivity contribution >= 4 is 0 Å². The highest BCUT2D eigenvalue weighted by molar-refractivity contribution is 5.70. The van der Waals surface area contributed by atoms with Crippen LogP contribution in [-0.2, 0) is 19.8 Å². The fourth-order valence-electron chi connectivity index (χ4n) is 3.15. The van der Waals surface area contributed by atoms with Gasteiger partial charge in [-0.25, -0.2) is 4.98 Å². The normalized spacial score (nSPS) is 10.6. The second-order valence-electron chi connectivity index (χ2n) is 6.97. The summed E-state index contributed by atoms with van der Waals surface area (Å²) in [6.07, 6.45) is 1.81. The first kappa shape index (κ1) is 19.7. The fraction of sp³-hybridized carbons (Fsp3) is 0.115. The maximum atomic E-state index is 6.11. The molecule has 3 aromatic carbocycles. The van der Waals surface area contributed by atoms with Crippen LogP contribution in [0.4, 0.5) is 0 Å². The van der Waals surface area contributed by atoms with E-state index in [1.54, 1.807) is 0 Å². The number of rotatable bonds is 8. The van der Waals surface area contributed by atoms with Gasteiger partial charge in [-0.1, -0.05) is 66.7 Å². The van der Waals surface area contributed by atoms with Crippen molar-refractivity contribution in [3.63, 3.8) is 0 Å². The maximum Gasteiger partial charge on any atom is 0.213 e. The Kier molecular flexibility index (Phi) is 6.38. The molecule has 0 saturated carbocycles. The molecule has 4 heteroatoms. The Bertz CT molecular complexity index is 1070. The number of nitrogens with zero attached hydrogens (tertiary/aromatic N) is 1. The van der Waals surface area contributed by atoms with E-state index in [2.05, 4.69) is 11.1 Å². The molecule has 0 unspecified atom stereocenters. The Morgan fingerprint density at radius 3 is 1.93 bits per heavy atom. The zero-order valence-corrected chi connectivity index (χ0v) is 16.7. The zero-order valence-electron chi connectivity index (χ0n) is 16.7. The Labute approximate surface area is 176 Å². The minimum atomic E-state index is 0.470. The molecule has 4 nitrogen and oxygen atoms in total. The van der Waals surface area contributed by atoms with Crippen LogP contribution in [0.5, 0.6) is 11.6 Å². The molecule has 0 aliphatic carbocycles. The Morgan fingerprint density at radius 1 is 0.667 bits per heavy atom. The van der Waals surface area contributed by atoms with Crippen molar-refractivity contribution in [3.8, 4) is 22.8 Å². The predicted molar refractivity (Wildman–Crippen MR) is 119 cm³/mol. The molecular weight excluding hydrogens is 372 g/mol. The van der Waals surface area contributed by atoms with Crippen molar-refractivity contribution in [2.45, 2.75) is 19.8 Å². The topological polar surface area (TPSA) is 57.4 Å². The number of hydrogen-bond acceptors (Lipinski definition) is 4. The van der Waals surface area contributed by atoms with Crippen LogP contribution in [0.3, 0.4) is 0 Å². The summed E-state index contributed by atoms with van der Waals surface area (Å²) >= 11 is 0. The monoisotopic (exact) mass is 396 g/mol.